The molecule has 0 saturated carbocycles. The Labute approximate surface area is 121 Å². The highest BCUT2D eigenvalue weighted by Crippen LogP contribution is 2.21. The van der Waals surface area contributed by atoms with E-state index in [-0.39, 0.29) is 5.91 Å². The molecule has 4 heteroatoms. The second kappa shape index (κ2) is 8.02. The number of benzene rings is 1. The Morgan fingerprint density at radius 3 is 2.95 bits per heavy atom. The van der Waals surface area contributed by atoms with E-state index in [9.17, 15) is 4.79 Å². The van der Waals surface area contributed by atoms with Gasteiger partial charge in [-0.05, 0) is 24.8 Å². The molecular weight excluding hydrogens is 252 g/mol. The molecule has 1 aromatic carbocycles. The molecule has 0 radical (unpaired) electrons. The first-order valence-corrected chi connectivity index (χ1v) is 7.34. The molecule has 1 aliphatic heterocycles. The Morgan fingerprint density at radius 1 is 1.40 bits per heavy atom. The fraction of sp³-hybridized carbons (Fsp3) is 0.562. The fourth-order valence-electron chi connectivity index (χ4n) is 2.73. The Bertz CT molecular complexity index is 408. The summed E-state index contributed by atoms with van der Waals surface area (Å²) in [4.78, 5) is 14.3. The average molecular weight is 276 g/mol. The zero-order valence-corrected chi connectivity index (χ0v) is 12.2. The van der Waals surface area contributed by atoms with Gasteiger partial charge in [-0.3, -0.25) is 4.79 Å². The third-order valence-electron chi connectivity index (χ3n) is 3.77. The zero-order chi connectivity index (χ0) is 14.2. The van der Waals surface area contributed by atoms with Gasteiger partial charge >= 0.3 is 0 Å². The van der Waals surface area contributed by atoms with Gasteiger partial charge in [-0.25, -0.2) is 0 Å². The van der Waals surface area contributed by atoms with Gasteiger partial charge in [0.15, 0.2) is 0 Å². The topological polar surface area (TPSA) is 41.6 Å². The summed E-state index contributed by atoms with van der Waals surface area (Å²) in [6, 6.07) is 10.8. The van der Waals surface area contributed by atoms with Crippen molar-refractivity contribution in [1.29, 1.82) is 0 Å². The molecule has 1 N–H and O–H groups in total. The number of hydrogen-bond donors (Lipinski definition) is 1. The van der Waals surface area contributed by atoms with E-state index >= 15 is 0 Å². The van der Waals surface area contributed by atoms with Crippen LogP contribution in [-0.4, -0.2) is 50.2 Å². The average Bonchev–Trinajstić information content (AvgIpc) is 2.93. The Kier molecular flexibility index (Phi) is 6.02. The number of nitrogens with one attached hydrogen (secondary N) is 1. The zero-order valence-electron chi connectivity index (χ0n) is 12.2. The van der Waals surface area contributed by atoms with Gasteiger partial charge in [0.25, 0.3) is 0 Å². The minimum absolute atomic E-state index is 0.208. The predicted octanol–water partition coefficient (Wildman–Crippen LogP) is 1.46. The van der Waals surface area contributed by atoms with Crippen LogP contribution in [-0.2, 0) is 16.0 Å². The second-order valence-corrected chi connectivity index (χ2v) is 5.24. The lowest BCUT2D eigenvalue weighted by molar-refractivity contribution is -0.131. The van der Waals surface area contributed by atoms with Crippen molar-refractivity contribution in [3.63, 3.8) is 0 Å². The smallest absolute Gasteiger partial charge is 0.236 e. The summed E-state index contributed by atoms with van der Waals surface area (Å²) in [5.41, 5.74) is 1.31. The van der Waals surface area contributed by atoms with Gasteiger partial charge in [0.05, 0.1) is 13.2 Å². The SMILES string of the molecule is COCCNCC(=O)N1CCCC1Cc1ccccc1. The van der Waals surface area contributed by atoms with Crippen molar-refractivity contribution in [2.24, 2.45) is 0 Å². The summed E-state index contributed by atoms with van der Waals surface area (Å²) >= 11 is 0. The number of methoxy groups -OCH3 is 1. The van der Waals surface area contributed by atoms with Gasteiger partial charge in [0.2, 0.25) is 5.91 Å². The van der Waals surface area contributed by atoms with Crippen molar-refractivity contribution in [3.8, 4) is 0 Å². The van der Waals surface area contributed by atoms with Gasteiger partial charge < -0.3 is 15.0 Å². The van der Waals surface area contributed by atoms with Crippen LogP contribution >= 0.6 is 0 Å². The molecule has 2 rings (SSSR count). The molecule has 1 amide bonds. The minimum atomic E-state index is 0.208. The van der Waals surface area contributed by atoms with Gasteiger partial charge in [-0.15, -0.1) is 0 Å². The summed E-state index contributed by atoms with van der Waals surface area (Å²) in [7, 11) is 1.67. The van der Waals surface area contributed by atoms with E-state index in [2.05, 4.69) is 29.6 Å². The number of rotatable bonds is 7. The lowest BCUT2D eigenvalue weighted by Gasteiger charge is -2.25. The molecule has 1 unspecified atom stereocenters. The molecule has 1 aromatic rings. The monoisotopic (exact) mass is 276 g/mol. The Hall–Kier alpha value is -1.39. The molecule has 1 saturated heterocycles. The molecule has 1 fully saturated rings. The van der Waals surface area contributed by atoms with E-state index in [1.54, 1.807) is 7.11 Å². The van der Waals surface area contributed by atoms with Gasteiger partial charge in [-0.2, -0.15) is 0 Å². The molecule has 0 spiro atoms. The van der Waals surface area contributed by atoms with E-state index in [1.165, 1.54) is 5.56 Å². The van der Waals surface area contributed by atoms with Crippen molar-refractivity contribution in [3.05, 3.63) is 35.9 Å². The highest BCUT2D eigenvalue weighted by Gasteiger charge is 2.28. The van der Waals surface area contributed by atoms with Crippen LogP contribution in [0, 0.1) is 0 Å². The maximum Gasteiger partial charge on any atom is 0.236 e. The molecule has 0 aromatic heterocycles. The van der Waals surface area contributed by atoms with E-state index in [4.69, 9.17) is 4.74 Å². The lowest BCUT2D eigenvalue weighted by atomic mass is 10.0. The van der Waals surface area contributed by atoms with Crippen LogP contribution in [0.4, 0.5) is 0 Å². The number of amides is 1. The number of ether oxygens (including phenoxy) is 1. The van der Waals surface area contributed by atoms with Gasteiger partial charge in [0.1, 0.15) is 0 Å². The first-order chi connectivity index (χ1) is 9.81. The van der Waals surface area contributed by atoms with Crippen LogP contribution in [0.1, 0.15) is 18.4 Å². The fourth-order valence-corrected chi connectivity index (χ4v) is 2.73. The summed E-state index contributed by atoms with van der Waals surface area (Å²) < 4.78 is 4.96. The highest BCUT2D eigenvalue weighted by molar-refractivity contribution is 5.78. The van der Waals surface area contributed by atoms with Crippen LogP contribution in [0.5, 0.6) is 0 Å². The number of hydrogen-bond acceptors (Lipinski definition) is 3. The van der Waals surface area contributed by atoms with Crippen molar-refractivity contribution in [1.82, 2.24) is 10.2 Å². The summed E-state index contributed by atoms with van der Waals surface area (Å²) in [6.07, 6.45) is 3.19. The van der Waals surface area contributed by atoms with Crippen LogP contribution in [0.2, 0.25) is 0 Å². The standard InChI is InChI=1S/C16H24N2O2/c1-20-11-9-17-13-16(19)18-10-5-8-15(18)12-14-6-3-2-4-7-14/h2-4,6-7,15,17H,5,8-13H2,1H3. The van der Waals surface area contributed by atoms with Crippen LogP contribution in [0.25, 0.3) is 0 Å². The Morgan fingerprint density at radius 2 is 2.20 bits per heavy atom. The molecule has 0 bridgehead atoms. The predicted molar refractivity (Wildman–Crippen MR) is 79.6 cm³/mol. The number of likely N-dealkylation sites (tertiary alicyclic amines) is 1. The first kappa shape index (κ1) is 15.0. The third kappa shape index (κ3) is 4.32. The number of carbonyl (C=O) groups is 1. The Balaban J connectivity index is 1.82. The molecule has 110 valence electrons. The molecular formula is C16H24N2O2. The van der Waals surface area contributed by atoms with Gasteiger partial charge in [-0.1, -0.05) is 30.3 Å². The maximum atomic E-state index is 12.2. The molecule has 1 aliphatic rings. The van der Waals surface area contributed by atoms with Gasteiger partial charge in [0, 0.05) is 26.2 Å². The molecule has 1 heterocycles. The number of carbonyl (C=O) groups excluding carboxylic acids is 1. The first-order valence-electron chi connectivity index (χ1n) is 7.34. The summed E-state index contributed by atoms with van der Waals surface area (Å²) in [5, 5.41) is 3.13. The third-order valence-corrected chi connectivity index (χ3v) is 3.77. The molecule has 4 nitrogen and oxygen atoms in total. The summed E-state index contributed by atoms with van der Waals surface area (Å²) in [5.74, 6) is 0.208. The van der Waals surface area contributed by atoms with E-state index in [1.807, 2.05) is 11.0 Å². The van der Waals surface area contributed by atoms with E-state index in [0.29, 0.717) is 19.2 Å². The second-order valence-electron chi connectivity index (χ2n) is 5.24. The molecule has 20 heavy (non-hydrogen) atoms. The van der Waals surface area contributed by atoms with Crippen LogP contribution < -0.4 is 5.32 Å². The van der Waals surface area contributed by atoms with Crippen LogP contribution in [0.3, 0.4) is 0 Å². The molecule has 1 atom stereocenters. The molecule has 0 aliphatic carbocycles. The van der Waals surface area contributed by atoms with Crippen molar-refractivity contribution in [2.75, 3.05) is 33.4 Å². The largest absolute Gasteiger partial charge is 0.383 e. The van der Waals surface area contributed by atoms with E-state index < -0.39 is 0 Å². The maximum absolute atomic E-state index is 12.2. The normalized spacial score (nSPS) is 18.4. The quantitative estimate of drug-likeness (QED) is 0.767. The highest BCUT2D eigenvalue weighted by atomic mass is 16.5. The van der Waals surface area contributed by atoms with Crippen molar-refractivity contribution < 1.29 is 9.53 Å². The number of nitrogens with zero attached hydrogens (tertiary/aromatic N) is 1. The van der Waals surface area contributed by atoms with Crippen LogP contribution in [0.15, 0.2) is 30.3 Å². The summed E-state index contributed by atoms with van der Waals surface area (Å²) in [6.45, 7) is 2.66. The van der Waals surface area contributed by atoms with Crippen molar-refractivity contribution >= 4 is 5.91 Å². The van der Waals surface area contributed by atoms with E-state index in [0.717, 1.165) is 32.4 Å². The lowest BCUT2D eigenvalue weighted by Crippen LogP contribution is -2.42. The van der Waals surface area contributed by atoms with Crippen molar-refractivity contribution in [2.45, 2.75) is 25.3 Å². The minimum Gasteiger partial charge on any atom is -0.383 e.